The van der Waals surface area contributed by atoms with E-state index in [9.17, 15) is 4.79 Å². The summed E-state index contributed by atoms with van der Waals surface area (Å²) in [5.74, 6) is 1.48. The van der Waals surface area contributed by atoms with E-state index in [0.717, 1.165) is 17.9 Å². The lowest BCUT2D eigenvalue weighted by atomic mass is 10.1. The number of halogens is 1. The Labute approximate surface area is 190 Å². The molecule has 6 nitrogen and oxygen atoms in total. The summed E-state index contributed by atoms with van der Waals surface area (Å²) in [5, 5.41) is 9.18. The molecule has 158 valence electrons. The van der Waals surface area contributed by atoms with Gasteiger partial charge in [0.25, 0.3) is 5.91 Å². The molecule has 0 aromatic heterocycles. The topological polar surface area (TPSA) is 74.8 Å². The van der Waals surface area contributed by atoms with E-state index in [1.165, 1.54) is 5.56 Å². The SMILES string of the molecule is CCNC(=NCc1cccc(C(=O)NC)c1)NCC(C)Oc1cccc(C)c1.I. The lowest BCUT2D eigenvalue weighted by Crippen LogP contribution is -2.41. The highest BCUT2D eigenvalue weighted by Crippen LogP contribution is 2.13. The first-order valence-corrected chi connectivity index (χ1v) is 9.58. The summed E-state index contributed by atoms with van der Waals surface area (Å²) in [7, 11) is 1.63. The maximum atomic E-state index is 11.8. The molecule has 1 amide bonds. The van der Waals surface area contributed by atoms with E-state index in [1.807, 2.05) is 63.2 Å². The van der Waals surface area contributed by atoms with Crippen molar-refractivity contribution in [3.63, 3.8) is 0 Å². The van der Waals surface area contributed by atoms with E-state index in [4.69, 9.17) is 4.74 Å². The maximum Gasteiger partial charge on any atom is 0.251 e. The zero-order valence-electron chi connectivity index (χ0n) is 17.5. The average Bonchev–Trinajstić information content (AvgIpc) is 2.69. The first-order chi connectivity index (χ1) is 13.5. The predicted octanol–water partition coefficient (Wildman–Crippen LogP) is 3.50. The highest BCUT2D eigenvalue weighted by molar-refractivity contribution is 14.0. The van der Waals surface area contributed by atoms with Crippen LogP contribution in [0, 0.1) is 6.92 Å². The molecule has 3 N–H and O–H groups in total. The van der Waals surface area contributed by atoms with Crippen molar-refractivity contribution in [3.05, 3.63) is 65.2 Å². The average molecular weight is 510 g/mol. The molecule has 0 saturated heterocycles. The van der Waals surface area contributed by atoms with Crippen molar-refractivity contribution in [2.24, 2.45) is 4.99 Å². The van der Waals surface area contributed by atoms with Crippen molar-refractivity contribution in [1.82, 2.24) is 16.0 Å². The van der Waals surface area contributed by atoms with Gasteiger partial charge in [0, 0.05) is 19.2 Å². The highest BCUT2D eigenvalue weighted by Gasteiger charge is 2.07. The van der Waals surface area contributed by atoms with Crippen molar-refractivity contribution in [1.29, 1.82) is 0 Å². The predicted molar refractivity (Wildman–Crippen MR) is 129 cm³/mol. The summed E-state index contributed by atoms with van der Waals surface area (Å²) in [6.45, 7) is 7.95. The first-order valence-electron chi connectivity index (χ1n) is 9.58. The Morgan fingerprint density at radius 3 is 2.59 bits per heavy atom. The third kappa shape index (κ3) is 8.72. The molecule has 0 aliphatic heterocycles. The van der Waals surface area contributed by atoms with Crippen LogP contribution in [0.4, 0.5) is 0 Å². The molecule has 2 aromatic carbocycles. The Morgan fingerprint density at radius 1 is 1.14 bits per heavy atom. The number of hydrogen-bond donors (Lipinski definition) is 3. The van der Waals surface area contributed by atoms with Crippen LogP contribution < -0.4 is 20.7 Å². The number of aryl methyl sites for hydroxylation is 1. The van der Waals surface area contributed by atoms with Crippen LogP contribution in [0.25, 0.3) is 0 Å². The van der Waals surface area contributed by atoms with E-state index < -0.39 is 0 Å². The highest BCUT2D eigenvalue weighted by atomic mass is 127. The summed E-state index contributed by atoms with van der Waals surface area (Å²) in [4.78, 5) is 16.4. The summed E-state index contributed by atoms with van der Waals surface area (Å²) in [6, 6.07) is 15.5. The minimum Gasteiger partial charge on any atom is -0.489 e. The fraction of sp³-hybridized carbons (Fsp3) is 0.364. The van der Waals surface area contributed by atoms with E-state index in [0.29, 0.717) is 24.6 Å². The number of ether oxygens (including phenoxy) is 1. The van der Waals surface area contributed by atoms with Crippen molar-refractivity contribution in [3.8, 4) is 5.75 Å². The van der Waals surface area contributed by atoms with Gasteiger partial charge in [-0.3, -0.25) is 4.79 Å². The van der Waals surface area contributed by atoms with Gasteiger partial charge in [-0.05, 0) is 56.2 Å². The summed E-state index contributed by atoms with van der Waals surface area (Å²) in [6.07, 6.45) is -0.0118. The Morgan fingerprint density at radius 2 is 1.90 bits per heavy atom. The van der Waals surface area contributed by atoms with Crippen LogP contribution in [-0.2, 0) is 6.54 Å². The molecule has 7 heteroatoms. The van der Waals surface area contributed by atoms with Crippen LogP contribution in [0.2, 0.25) is 0 Å². The van der Waals surface area contributed by atoms with Crippen LogP contribution in [0.15, 0.2) is 53.5 Å². The maximum absolute atomic E-state index is 11.8. The lowest BCUT2D eigenvalue weighted by Gasteiger charge is -2.18. The summed E-state index contributed by atoms with van der Waals surface area (Å²) < 4.78 is 5.95. The standard InChI is InChI=1S/C22H30N4O2.HI/c1-5-24-22(25-14-17(3)28-20-11-6-8-16(2)12-20)26-15-18-9-7-10-19(13-18)21(27)23-4;/h6-13,17H,5,14-15H2,1-4H3,(H,23,27)(H2,24,25,26);1H. The van der Waals surface area contributed by atoms with Gasteiger partial charge >= 0.3 is 0 Å². The van der Waals surface area contributed by atoms with E-state index in [-0.39, 0.29) is 36.0 Å². The van der Waals surface area contributed by atoms with Crippen LogP contribution in [-0.4, -0.2) is 38.1 Å². The number of carbonyl (C=O) groups is 1. The largest absolute Gasteiger partial charge is 0.489 e. The van der Waals surface area contributed by atoms with Gasteiger partial charge in [0.05, 0.1) is 13.1 Å². The fourth-order valence-corrected chi connectivity index (χ4v) is 2.67. The van der Waals surface area contributed by atoms with Gasteiger partial charge in [-0.2, -0.15) is 0 Å². The van der Waals surface area contributed by atoms with Gasteiger partial charge < -0.3 is 20.7 Å². The van der Waals surface area contributed by atoms with Gasteiger partial charge in [-0.25, -0.2) is 4.99 Å². The molecular weight excluding hydrogens is 479 g/mol. The lowest BCUT2D eigenvalue weighted by molar-refractivity contribution is 0.0963. The minimum absolute atomic E-state index is 0. The summed E-state index contributed by atoms with van der Waals surface area (Å²) >= 11 is 0. The van der Waals surface area contributed by atoms with Crippen molar-refractivity contribution < 1.29 is 9.53 Å². The quantitative estimate of drug-likeness (QED) is 0.289. The monoisotopic (exact) mass is 510 g/mol. The number of rotatable bonds is 8. The van der Waals surface area contributed by atoms with Gasteiger partial charge in [0.2, 0.25) is 0 Å². The number of amides is 1. The molecule has 0 heterocycles. The number of benzene rings is 2. The number of guanidine groups is 1. The second-order valence-electron chi connectivity index (χ2n) is 6.60. The zero-order valence-corrected chi connectivity index (χ0v) is 19.8. The van der Waals surface area contributed by atoms with Gasteiger partial charge in [0.15, 0.2) is 5.96 Å². The number of aliphatic imine (C=N–C) groups is 1. The summed E-state index contributed by atoms with van der Waals surface area (Å²) in [5.41, 5.74) is 2.78. The molecular formula is C22H31IN4O2. The van der Waals surface area contributed by atoms with E-state index >= 15 is 0 Å². The fourth-order valence-electron chi connectivity index (χ4n) is 2.67. The van der Waals surface area contributed by atoms with Gasteiger partial charge in [0.1, 0.15) is 11.9 Å². The molecule has 0 aliphatic carbocycles. The molecule has 0 spiro atoms. The van der Waals surface area contributed by atoms with Crippen LogP contribution >= 0.6 is 24.0 Å². The Kier molecular flexibility index (Phi) is 11.1. The Bertz CT molecular complexity index is 811. The molecule has 29 heavy (non-hydrogen) atoms. The van der Waals surface area contributed by atoms with Crippen molar-refractivity contribution in [2.75, 3.05) is 20.1 Å². The normalized spacial score (nSPS) is 11.8. The van der Waals surface area contributed by atoms with Gasteiger partial charge in [-0.15, -0.1) is 24.0 Å². The zero-order chi connectivity index (χ0) is 20.4. The first kappa shape index (κ1) is 24.7. The molecule has 0 saturated carbocycles. The van der Waals surface area contributed by atoms with Crippen molar-refractivity contribution in [2.45, 2.75) is 33.4 Å². The van der Waals surface area contributed by atoms with E-state index in [2.05, 4.69) is 20.9 Å². The van der Waals surface area contributed by atoms with Crippen LogP contribution in [0.5, 0.6) is 5.75 Å². The third-order valence-corrected chi connectivity index (χ3v) is 4.06. The molecule has 1 unspecified atom stereocenters. The molecule has 1 atom stereocenters. The minimum atomic E-state index is -0.0991. The molecule has 2 rings (SSSR count). The molecule has 0 fully saturated rings. The van der Waals surface area contributed by atoms with Crippen molar-refractivity contribution >= 4 is 35.8 Å². The molecule has 0 bridgehead atoms. The van der Waals surface area contributed by atoms with E-state index in [1.54, 1.807) is 13.1 Å². The second kappa shape index (κ2) is 13.0. The number of nitrogens with zero attached hydrogens (tertiary/aromatic N) is 1. The van der Waals surface area contributed by atoms with Gasteiger partial charge in [-0.1, -0.05) is 24.3 Å². The Balaban J connectivity index is 0.00000420. The molecule has 0 aliphatic rings. The third-order valence-electron chi connectivity index (χ3n) is 4.06. The molecule has 2 aromatic rings. The van der Waals surface area contributed by atoms with Crippen LogP contribution in [0.1, 0.15) is 35.3 Å². The number of hydrogen-bond acceptors (Lipinski definition) is 3. The Hall–Kier alpha value is -2.29. The number of nitrogens with one attached hydrogen (secondary N) is 3. The second-order valence-corrected chi connectivity index (χ2v) is 6.60. The smallest absolute Gasteiger partial charge is 0.251 e. The number of carbonyl (C=O) groups excluding carboxylic acids is 1. The molecule has 0 radical (unpaired) electrons. The van der Waals surface area contributed by atoms with Crippen LogP contribution in [0.3, 0.4) is 0 Å².